The summed E-state index contributed by atoms with van der Waals surface area (Å²) < 4.78 is 1.96. The van der Waals surface area contributed by atoms with Gasteiger partial charge in [-0.15, -0.1) is 0 Å². The van der Waals surface area contributed by atoms with Crippen LogP contribution in [0.1, 0.15) is 126 Å². The van der Waals surface area contributed by atoms with Crippen molar-refractivity contribution < 1.29 is 9.36 Å². The summed E-state index contributed by atoms with van der Waals surface area (Å²) >= 11 is 0. The maximum Gasteiger partial charge on any atom is 0.227 e. The highest BCUT2D eigenvalue weighted by Gasteiger charge is 2.12. The Balaban J connectivity index is 1.43. The van der Waals surface area contributed by atoms with Gasteiger partial charge < -0.3 is 0 Å². The van der Waals surface area contributed by atoms with Crippen molar-refractivity contribution >= 4 is 5.78 Å². The van der Waals surface area contributed by atoms with Crippen LogP contribution in [0.4, 0.5) is 0 Å². The Morgan fingerprint density at radius 1 is 0.727 bits per heavy atom. The average molecular weight is 452 g/mol. The van der Waals surface area contributed by atoms with E-state index in [1.165, 1.54) is 103 Å². The molecule has 3 heteroatoms. The Morgan fingerprint density at radius 2 is 1.24 bits per heavy atom. The third-order valence-corrected chi connectivity index (χ3v) is 6.52. The number of aryl methyl sites for hydroxylation is 1. The minimum atomic E-state index is 0.139. The lowest BCUT2D eigenvalue weighted by Crippen LogP contribution is -2.38. The van der Waals surface area contributed by atoms with Gasteiger partial charge in [-0.3, -0.25) is 4.79 Å². The van der Waals surface area contributed by atoms with E-state index in [1.807, 2.05) is 53.5 Å². The molecule has 2 aromatic rings. The number of hydrogen-bond acceptors (Lipinski definition) is 2. The van der Waals surface area contributed by atoms with Gasteiger partial charge in [-0.05, 0) is 12.8 Å². The molecule has 0 bridgehead atoms. The summed E-state index contributed by atoms with van der Waals surface area (Å²) in [5.41, 5.74) is 1.85. The maximum absolute atomic E-state index is 12.4. The molecule has 2 rings (SSSR count). The third kappa shape index (κ3) is 13.3. The van der Waals surface area contributed by atoms with Gasteiger partial charge >= 0.3 is 0 Å². The number of unbranched alkanes of at least 4 members (excludes halogenated alkanes) is 15. The van der Waals surface area contributed by atoms with E-state index in [-0.39, 0.29) is 5.78 Å². The summed E-state index contributed by atoms with van der Waals surface area (Å²) in [6, 6.07) is 9.51. The standard InChI is InChI=1S/C30H47N2O/c1-2-3-4-5-6-7-8-9-10-11-12-13-14-15-16-20-23-29-26-32(25-24-31-29)27-30(33)28-21-18-17-19-22-28/h17-19,21-22,24-26H,2-16,20,23,27H2,1H3/q+1. The van der Waals surface area contributed by atoms with Gasteiger partial charge in [-0.2, -0.15) is 4.57 Å². The number of Topliss-reactive ketones (excluding diaryl/α,β-unsaturated/α-hetero) is 1. The molecule has 1 aromatic heterocycles. The Bertz CT molecular complexity index is 744. The molecule has 0 spiro atoms. The van der Waals surface area contributed by atoms with Gasteiger partial charge in [0.25, 0.3) is 0 Å². The van der Waals surface area contributed by atoms with Crippen molar-refractivity contribution in [3.63, 3.8) is 0 Å². The summed E-state index contributed by atoms with van der Waals surface area (Å²) in [4.78, 5) is 16.9. The van der Waals surface area contributed by atoms with Crippen LogP contribution in [0.15, 0.2) is 48.9 Å². The zero-order chi connectivity index (χ0) is 23.4. The molecule has 0 saturated carbocycles. The molecule has 0 N–H and O–H groups in total. The number of rotatable bonds is 20. The second kappa shape index (κ2) is 18.4. The van der Waals surface area contributed by atoms with Gasteiger partial charge in [-0.1, -0.05) is 134 Å². The molecule has 0 radical (unpaired) electrons. The normalized spacial score (nSPS) is 11.1. The number of aromatic nitrogens is 2. The minimum Gasteiger partial charge on any atom is -0.287 e. The van der Waals surface area contributed by atoms with Crippen LogP contribution in [0.2, 0.25) is 0 Å². The zero-order valence-corrected chi connectivity index (χ0v) is 21.1. The molecule has 0 unspecified atom stereocenters. The van der Waals surface area contributed by atoms with Crippen LogP contribution in [0.3, 0.4) is 0 Å². The van der Waals surface area contributed by atoms with Crippen molar-refractivity contribution in [2.75, 3.05) is 0 Å². The average Bonchev–Trinajstić information content (AvgIpc) is 2.84. The van der Waals surface area contributed by atoms with Crippen molar-refractivity contribution in [1.82, 2.24) is 4.98 Å². The van der Waals surface area contributed by atoms with E-state index in [0.29, 0.717) is 6.54 Å². The molecule has 1 heterocycles. The van der Waals surface area contributed by atoms with Gasteiger partial charge in [-0.25, -0.2) is 4.98 Å². The van der Waals surface area contributed by atoms with Crippen LogP contribution >= 0.6 is 0 Å². The molecule has 0 amide bonds. The fraction of sp³-hybridized carbons (Fsp3) is 0.633. The van der Waals surface area contributed by atoms with Crippen LogP contribution in [0.5, 0.6) is 0 Å². The van der Waals surface area contributed by atoms with Crippen molar-refractivity contribution in [2.45, 2.75) is 123 Å². The fourth-order valence-electron chi connectivity index (χ4n) is 4.45. The number of ketones is 1. The van der Waals surface area contributed by atoms with E-state index in [2.05, 4.69) is 11.9 Å². The van der Waals surface area contributed by atoms with Crippen LogP contribution in [0.25, 0.3) is 0 Å². The topological polar surface area (TPSA) is 33.8 Å². The highest BCUT2D eigenvalue weighted by molar-refractivity contribution is 5.94. The van der Waals surface area contributed by atoms with E-state index >= 15 is 0 Å². The number of carbonyl (C=O) groups excluding carboxylic acids is 1. The minimum absolute atomic E-state index is 0.139. The molecule has 3 nitrogen and oxygen atoms in total. The van der Waals surface area contributed by atoms with Crippen LogP contribution in [-0.4, -0.2) is 10.8 Å². The molecule has 33 heavy (non-hydrogen) atoms. The molecule has 0 aliphatic carbocycles. The summed E-state index contributed by atoms with van der Waals surface area (Å²) in [5.74, 6) is 0.139. The van der Waals surface area contributed by atoms with E-state index in [1.54, 1.807) is 0 Å². The number of benzene rings is 1. The lowest BCUT2D eigenvalue weighted by Gasteiger charge is -2.04. The van der Waals surface area contributed by atoms with Crippen molar-refractivity contribution in [3.8, 4) is 0 Å². The van der Waals surface area contributed by atoms with Crippen LogP contribution in [0, 0.1) is 0 Å². The van der Waals surface area contributed by atoms with Gasteiger partial charge in [0, 0.05) is 5.56 Å². The number of nitrogens with zero attached hydrogens (tertiary/aromatic N) is 2. The summed E-state index contributed by atoms with van der Waals surface area (Å²) in [6.45, 7) is 2.66. The second-order valence-corrected chi connectivity index (χ2v) is 9.56. The molecule has 1 aromatic carbocycles. The number of hydrogen-bond donors (Lipinski definition) is 0. The molecule has 0 saturated heterocycles. The Morgan fingerprint density at radius 3 is 1.79 bits per heavy atom. The van der Waals surface area contributed by atoms with Crippen molar-refractivity contribution in [2.24, 2.45) is 0 Å². The molecule has 182 valence electrons. The van der Waals surface area contributed by atoms with Crippen molar-refractivity contribution in [3.05, 3.63) is 60.2 Å². The van der Waals surface area contributed by atoms with Gasteiger partial charge in [0.1, 0.15) is 5.69 Å². The molecule has 0 aliphatic heterocycles. The Kier molecular flexibility index (Phi) is 15.2. The monoisotopic (exact) mass is 451 g/mol. The summed E-state index contributed by atoms with van der Waals surface area (Å²) in [7, 11) is 0. The quantitative estimate of drug-likeness (QED) is 0.116. The lowest BCUT2D eigenvalue weighted by atomic mass is 10.0. The molecule has 0 atom stereocenters. The van der Waals surface area contributed by atoms with Gasteiger partial charge in [0.05, 0.1) is 6.20 Å². The van der Waals surface area contributed by atoms with E-state index < -0.39 is 0 Å². The van der Waals surface area contributed by atoms with Crippen LogP contribution < -0.4 is 4.57 Å². The van der Waals surface area contributed by atoms with E-state index in [4.69, 9.17) is 0 Å². The highest BCUT2D eigenvalue weighted by atomic mass is 16.1. The zero-order valence-electron chi connectivity index (χ0n) is 21.1. The predicted octanol–water partition coefficient (Wildman–Crippen LogP) is 8.06. The Labute approximate surface area is 203 Å². The molecule has 0 fully saturated rings. The number of carbonyl (C=O) groups is 1. The predicted molar refractivity (Wildman–Crippen MR) is 138 cm³/mol. The highest BCUT2D eigenvalue weighted by Crippen LogP contribution is 2.14. The molecular weight excluding hydrogens is 404 g/mol. The van der Waals surface area contributed by atoms with Gasteiger partial charge in [0.2, 0.25) is 12.3 Å². The van der Waals surface area contributed by atoms with Gasteiger partial charge in [0.15, 0.2) is 12.4 Å². The largest absolute Gasteiger partial charge is 0.287 e. The lowest BCUT2D eigenvalue weighted by molar-refractivity contribution is -0.684. The Hall–Kier alpha value is -2.03. The van der Waals surface area contributed by atoms with E-state index in [0.717, 1.165) is 17.7 Å². The summed E-state index contributed by atoms with van der Waals surface area (Å²) in [5, 5.41) is 0. The SMILES string of the molecule is CCCCCCCCCCCCCCCCCCc1c[n+](CC(=O)c2ccccc2)ccn1. The van der Waals surface area contributed by atoms with Crippen molar-refractivity contribution in [1.29, 1.82) is 0 Å². The molecule has 0 aliphatic rings. The molecular formula is C30H47N2O+. The summed E-state index contributed by atoms with van der Waals surface area (Å²) in [6.07, 6.45) is 29.0. The smallest absolute Gasteiger partial charge is 0.227 e. The fourth-order valence-corrected chi connectivity index (χ4v) is 4.45. The first kappa shape index (κ1) is 27.2. The first-order chi connectivity index (χ1) is 16.3. The second-order valence-electron chi connectivity index (χ2n) is 9.56. The first-order valence-corrected chi connectivity index (χ1v) is 13.7. The maximum atomic E-state index is 12.4. The first-order valence-electron chi connectivity index (χ1n) is 13.7. The third-order valence-electron chi connectivity index (χ3n) is 6.52. The van der Waals surface area contributed by atoms with E-state index in [9.17, 15) is 4.79 Å². The van der Waals surface area contributed by atoms with Crippen LogP contribution in [-0.2, 0) is 13.0 Å².